The van der Waals surface area contributed by atoms with Gasteiger partial charge in [0.1, 0.15) is 5.54 Å². The largest absolute Gasteiger partial charge is 0.350 e. The van der Waals surface area contributed by atoms with Crippen LogP contribution in [0.3, 0.4) is 0 Å². The molecular formula is C22H25N3O4S. The number of rotatable bonds is 6. The Bertz CT molecular complexity index is 1040. The number of benzene rings is 2. The molecule has 0 aromatic heterocycles. The molecule has 1 saturated carbocycles. The van der Waals surface area contributed by atoms with Crippen LogP contribution in [0.2, 0.25) is 0 Å². The molecule has 1 heterocycles. The van der Waals surface area contributed by atoms with Gasteiger partial charge in [0.2, 0.25) is 21.8 Å². The molecule has 1 N–H and O–H groups in total. The quantitative estimate of drug-likeness (QED) is 0.761. The molecule has 2 aromatic rings. The van der Waals surface area contributed by atoms with Gasteiger partial charge in [0.25, 0.3) is 0 Å². The average Bonchev–Trinajstić information content (AvgIpc) is 3.57. The lowest BCUT2D eigenvalue weighted by Crippen LogP contribution is -2.70. The van der Waals surface area contributed by atoms with E-state index in [4.69, 9.17) is 0 Å². The molecule has 2 amide bonds. The predicted molar refractivity (Wildman–Crippen MR) is 112 cm³/mol. The van der Waals surface area contributed by atoms with Gasteiger partial charge >= 0.3 is 0 Å². The summed E-state index contributed by atoms with van der Waals surface area (Å²) in [4.78, 5) is 28.0. The van der Waals surface area contributed by atoms with Crippen LogP contribution < -0.4 is 5.32 Å². The Morgan fingerprint density at radius 1 is 1.07 bits per heavy atom. The first-order valence-corrected chi connectivity index (χ1v) is 11.5. The van der Waals surface area contributed by atoms with Crippen LogP contribution in [0.5, 0.6) is 0 Å². The molecule has 1 atom stereocenters. The fourth-order valence-electron chi connectivity index (χ4n) is 3.98. The predicted octanol–water partition coefficient (Wildman–Crippen LogP) is 1.76. The number of nitrogens with zero attached hydrogens (tertiary/aromatic N) is 2. The summed E-state index contributed by atoms with van der Waals surface area (Å²) >= 11 is 0. The molecule has 1 saturated heterocycles. The van der Waals surface area contributed by atoms with E-state index in [9.17, 15) is 18.0 Å². The minimum atomic E-state index is -3.89. The average molecular weight is 428 g/mol. The van der Waals surface area contributed by atoms with Gasteiger partial charge in [0.05, 0.1) is 11.4 Å². The van der Waals surface area contributed by atoms with E-state index in [1.807, 2.05) is 30.3 Å². The van der Waals surface area contributed by atoms with Crippen molar-refractivity contribution in [3.63, 3.8) is 0 Å². The van der Waals surface area contributed by atoms with Gasteiger partial charge in [-0.3, -0.25) is 9.59 Å². The number of piperazine rings is 1. The van der Waals surface area contributed by atoms with E-state index in [1.165, 1.54) is 12.1 Å². The van der Waals surface area contributed by atoms with Gasteiger partial charge in [0.15, 0.2) is 0 Å². The number of carbonyl (C=O) groups excluding carboxylic acids is 2. The highest BCUT2D eigenvalue weighted by Crippen LogP contribution is 2.37. The second-order valence-corrected chi connectivity index (χ2v) is 9.96. The number of sulfonamides is 1. The maximum atomic E-state index is 13.3. The first-order chi connectivity index (χ1) is 14.3. The Morgan fingerprint density at radius 2 is 1.67 bits per heavy atom. The summed E-state index contributed by atoms with van der Waals surface area (Å²) in [6, 6.07) is 17.5. The fraction of sp³-hybridized carbons (Fsp3) is 0.364. The highest BCUT2D eigenvalue weighted by atomic mass is 32.2. The lowest BCUT2D eigenvalue weighted by atomic mass is 9.95. The maximum absolute atomic E-state index is 13.3. The van der Waals surface area contributed by atoms with E-state index in [0.29, 0.717) is 6.54 Å². The maximum Gasteiger partial charge on any atom is 0.247 e. The third-order valence-electron chi connectivity index (χ3n) is 5.67. The molecule has 2 fully saturated rings. The molecule has 0 unspecified atom stereocenters. The van der Waals surface area contributed by atoms with E-state index in [1.54, 1.807) is 30.0 Å². The Hall–Kier alpha value is -2.71. The third-order valence-corrected chi connectivity index (χ3v) is 7.48. The lowest BCUT2D eigenvalue weighted by molar-refractivity contribution is -0.153. The van der Waals surface area contributed by atoms with Crippen LogP contribution in [0.4, 0.5) is 0 Å². The van der Waals surface area contributed by atoms with Gasteiger partial charge in [-0.05, 0) is 37.5 Å². The molecule has 7 nitrogen and oxygen atoms in total. The molecule has 30 heavy (non-hydrogen) atoms. The minimum absolute atomic E-state index is 0.00782. The van der Waals surface area contributed by atoms with Crippen molar-refractivity contribution >= 4 is 21.8 Å². The third kappa shape index (κ3) is 3.85. The van der Waals surface area contributed by atoms with Crippen LogP contribution in [0.25, 0.3) is 0 Å². The van der Waals surface area contributed by atoms with Crippen LogP contribution >= 0.6 is 0 Å². The summed E-state index contributed by atoms with van der Waals surface area (Å²) in [6.45, 7) is 1.64. The van der Waals surface area contributed by atoms with Crippen molar-refractivity contribution in [3.8, 4) is 0 Å². The summed E-state index contributed by atoms with van der Waals surface area (Å²) in [5.41, 5.74) is -0.337. The zero-order valence-electron chi connectivity index (χ0n) is 16.8. The summed E-state index contributed by atoms with van der Waals surface area (Å²) in [6.07, 6.45) is 1.66. The van der Waals surface area contributed by atoms with Crippen molar-refractivity contribution in [2.75, 3.05) is 13.1 Å². The number of hydrogen-bond donors (Lipinski definition) is 1. The second-order valence-electron chi connectivity index (χ2n) is 8.02. The van der Waals surface area contributed by atoms with Gasteiger partial charge in [-0.25, -0.2) is 8.42 Å². The summed E-state index contributed by atoms with van der Waals surface area (Å²) in [5.74, 6) is -0.680. The highest BCUT2D eigenvalue weighted by Gasteiger charge is 2.54. The molecule has 0 radical (unpaired) electrons. The highest BCUT2D eigenvalue weighted by molar-refractivity contribution is 7.89. The van der Waals surface area contributed by atoms with Crippen LogP contribution in [-0.4, -0.2) is 54.1 Å². The van der Waals surface area contributed by atoms with Crippen molar-refractivity contribution < 1.29 is 18.0 Å². The second kappa shape index (κ2) is 7.85. The fourth-order valence-corrected chi connectivity index (χ4v) is 5.48. The van der Waals surface area contributed by atoms with Crippen molar-refractivity contribution in [3.05, 3.63) is 66.2 Å². The topological polar surface area (TPSA) is 86.8 Å². The summed E-state index contributed by atoms with van der Waals surface area (Å²) in [5, 5.41) is 2.90. The molecule has 4 rings (SSSR count). The lowest BCUT2D eigenvalue weighted by Gasteiger charge is -2.47. The zero-order valence-corrected chi connectivity index (χ0v) is 17.6. The van der Waals surface area contributed by atoms with Crippen molar-refractivity contribution in [2.24, 2.45) is 0 Å². The van der Waals surface area contributed by atoms with Crippen LogP contribution in [0, 0.1) is 0 Å². The number of hydrogen-bond acceptors (Lipinski definition) is 4. The minimum Gasteiger partial charge on any atom is -0.350 e. The molecule has 158 valence electrons. The number of nitrogens with one attached hydrogen (secondary N) is 1. The van der Waals surface area contributed by atoms with Gasteiger partial charge in [-0.2, -0.15) is 4.31 Å². The van der Waals surface area contributed by atoms with Crippen molar-refractivity contribution in [1.29, 1.82) is 0 Å². The Labute approximate surface area is 176 Å². The summed E-state index contributed by atoms with van der Waals surface area (Å²) < 4.78 is 27.4. The van der Waals surface area contributed by atoms with Crippen LogP contribution in [-0.2, 0) is 26.2 Å². The standard InChI is InChI=1S/C22H25N3O4S/c1-22(21(27)23-14-17-8-4-2-5-9-17)16-24(15-20(26)25(22)18-12-13-18)30(28,29)19-10-6-3-7-11-19/h2-11,18H,12-16H2,1H3,(H,23,27)/t22-/m0/s1. The van der Waals surface area contributed by atoms with E-state index >= 15 is 0 Å². The smallest absolute Gasteiger partial charge is 0.247 e. The van der Waals surface area contributed by atoms with E-state index in [0.717, 1.165) is 22.7 Å². The van der Waals surface area contributed by atoms with Gasteiger partial charge in [0, 0.05) is 19.1 Å². The first kappa shape index (κ1) is 20.6. The monoisotopic (exact) mass is 427 g/mol. The summed E-state index contributed by atoms with van der Waals surface area (Å²) in [7, 11) is -3.89. The van der Waals surface area contributed by atoms with E-state index in [-0.39, 0.29) is 35.8 Å². The zero-order chi connectivity index (χ0) is 21.4. The molecular weight excluding hydrogens is 402 g/mol. The van der Waals surface area contributed by atoms with Crippen LogP contribution in [0.15, 0.2) is 65.6 Å². The van der Waals surface area contributed by atoms with E-state index < -0.39 is 15.6 Å². The van der Waals surface area contributed by atoms with E-state index in [2.05, 4.69) is 5.32 Å². The normalized spacial score (nSPS) is 22.7. The van der Waals surface area contributed by atoms with Gasteiger partial charge < -0.3 is 10.2 Å². The van der Waals surface area contributed by atoms with Gasteiger partial charge in [-0.15, -0.1) is 0 Å². The van der Waals surface area contributed by atoms with Crippen molar-refractivity contribution in [2.45, 2.75) is 42.8 Å². The first-order valence-electron chi connectivity index (χ1n) is 10.0. The number of amides is 2. The molecule has 2 aromatic carbocycles. The van der Waals surface area contributed by atoms with Crippen molar-refractivity contribution in [1.82, 2.24) is 14.5 Å². The molecule has 2 aliphatic rings. The number of carbonyl (C=O) groups is 2. The van der Waals surface area contributed by atoms with Gasteiger partial charge in [-0.1, -0.05) is 48.5 Å². The Balaban J connectivity index is 1.61. The molecule has 0 spiro atoms. The Morgan fingerprint density at radius 3 is 2.27 bits per heavy atom. The Kier molecular flexibility index (Phi) is 5.38. The van der Waals surface area contributed by atoms with Crippen LogP contribution in [0.1, 0.15) is 25.3 Å². The molecule has 0 bridgehead atoms. The SMILES string of the molecule is C[C@@]1(C(=O)NCc2ccccc2)CN(S(=O)(=O)c2ccccc2)CC(=O)N1C1CC1. The molecule has 8 heteroatoms. The molecule has 1 aliphatic heterocycles. The molecule has 1 aliphatic carbocycles.